The quantitative estimate of drug-likeness (QED) is 0.794. The summed E-state index contributed by atoms with van der Waals surface area (Å²) >= 11 is 1.48. The first kappa shape index (κ1) is 19.6. The topological polar surface area (TPSA) is 72.0 Å². The van der Waals surface area contributed by atoms with Crippen LogP contribution in [0.3, 0.4) is 0 Å². The third kappa shape index (κ3) is 3.64. The van der Waals surface area contributed by atoms with Crippen molar-refractivity contribution in [2.45, 2.75) is 52.1 Å². The number of carbonyl (C=O) groups is 2. The Morgan fingerprint density at radius 2 is 1.85 bits per heavy atom. The summed E-state index contributed by atoms with van der Waals surface area (Å²) in [5.74, 6) is -0.612. The van der Waals surface area contributed by atoms with Gasteiger partial charge >= 0.3 is 5.97 Å². The highest BCUT2D eigenvalue weighted by Gasteiger charge is 2.45. The van der Waals surface area contributed by atoms with Gasteiger partial charge < -0.3 is 15.4 Å². The summed E-state index contributed by atoms with van der Waals surface area (Å²) in [6.07, 6.45) is 0.743. The fourth-order valence-corrected chi connectivity index (χ4v) is 5.38. The number of hydrogen-bond donors (Lipinski definition) is 2. The Morgan fingerprint density at radius 3 is 2.48 bits per heavy atom. The number of thiophene rings is 1. The van der Waals surface area contributed by atoms with Gasteiger partial charge in [-0.1, -0.05) is 18.2 Å². The van der Waals surface area contributed by atoms with Crippen molar-refractivity contribution in [1.82, 2.24) is 0 Å². The number of hydrogen-bond acceptors (Lipinski definition) is 4. The van der Waals surface area contributed by atoms with Crippen LogP contribution < -0.4 is 10.6 Å². The Balaban J connectivity index is 2.09. The van der Waals surface area contributed by atoms with Crippen LogP contribution in [0, 0.1) is 6.92 Å². The van der Waals surface area contributed by atoms with Gasteiger partial charge in [0, 0.05) is 12.0 Å². The van der Waals surface area contributed by atoms with E-state index >= 15 is 0 Å². The molecule has 0 fully saturated rings. The molecule has 0 radical (unpaired) electrons. The van der Waals surface area contributed by atoms with Crippen molar-refractivity contribution >= 4 is 28.2 Å². The first-order valence-corrected chi connectivity index (χ1v) is 9.86. The molecule has 1 amide bonds. The van der Waals surface area contributed by atoms with Gasteiger partial charge in [-0.15, -0.1) is 11.3 Å². The normalized spacial score (nSPS) is 17.1. The number of esters is 1. The molecule has 5 nitrogen and oxygen atoms in total. The highest BCUT2D eigenvalue weighted by molar-refractivity contribution is 7.17. The zero-order valence-electron chi connectivity index (χ0n) is 16.7. The van der Waals surface area contributed by atoms with E-state index in [4.69, 9.17) is 4.74 Å². The van der Waals surface area contributed by atoms with Gasteiger partial charge in [0.25, 0.3) is 5.91 Å². The highest BCUT2D eigenvalue weighted by atomic mass is 32.1. The Morgan fingerprint density at radius 1 is 1.19 bits per heavy atom. The predicted molar refractivity (Wildman–Crippen MR) is 108 cm³/mol. The summed E-state index contributed by atoms with van der Waals surface area (Å²) in [5, 5.41) is 5.87. The average Bonchev–Trinajstić information content (AvgIpc) is 2.91. The molecule has 0 bridgehead atoms. The second-order valence-electron chi connectivity index (χ2n) is 8.41. The highest BCUT2D eigenvalue weighted by Crippen LogP contribution is 2.42. The maximum absolute atomic E-state index is 12.8. The van der Waals surface area contributed by atoms with Crippen molar-refractivity contribution in [3.63, 3.8) is 0 Å². The SMILES string of the molecule is COC(=O)c1c(NC(=O)c2ccccc2C)sc2c1CC(C)(C)[NH2+]C2(C)C. The van der Waals surface area contributed by atoms with Gasteiger partial charge in [-0.05, 0) is 51.8 Å². The molecular formula is C21H27N2O3S+. The molecule has 0 saturated carbocycles. The van der Waals surface area contributed by atoms with Gasteiger partial charge in [0.05, 0.1) is 23.1 Å². The Kier molecular flexibility index (Phi) is 4.91. The van der Waals surface area contributed by atoms with Crippen molar-refractivity contribution in [3.05, 3.63) is 51.4 Å². The maximum atomic E-state index is 12.8. The van der Waals surface area contributed by atoms with Crippen LogP contribution in [-0.4, -0.2) is 24.5 Å². The number of amides is 1. The number of carbonyl (C=O) groups excluding carboxylic acids is 2. The van der Waals surface area contributed by atoms with E-state index in [1.54, 1.807) is 6.07 Å². The van der Waals surface area contributed by atoms with Gasteiger partial charge in [0.2, 0.25) is 0 Å². The lowest BCUT2D eigenvalue weighted by molar-refractivity contribution is -0.789. The average molecular weight is 388 g/mol. The molecule has 0 atom stereocenters. The van der Waals surface area contributed by atoms with Crippen LogP contribution in [0.15, 0.2) is 24.3 Å². The van der Waals surface area contributed by atoms with Crippen molar-refractivity contribution in [2.75, 3.05) is 12.4 Å². The van der Waals surface area contributed by atoms with E-state index in [2.05, 4.69) is 38.3 Å². The minimum absolute atomic E-state index is 0.0440. The summed E-state index contributed by atoms with van der Waals surface area (Å²) in [6, 6.07) is 7.42. The Hall–Kier alpha value is -2.18. The number of anilines is 1. The van der Waals surface area contributed by atoms with Crippen LogP contribution in [0.1, 0.15) is 64.4 Å². The molecule has 1 aliphatic rings. The molecule has 3 rings (SSSR count). The van der Waals surface area contributed by atoms with Crippen molar-refractivity contribution in [3.8, 4) is 0 Å². The molecular weight excluding hydrogens is 360 g/mol. The lowest BCUT2D eigenvalue weighted by Crippen LogP contribution is -3.03. The minimum Gasteiger partial charge on any atom is -0.465 e. The van der Waals surface area contributed by atoms with E-state index in [0.717, 1.165) is 22.4 Å². The molecule has 0 spiro atoms. The van der Waals surface area contributed by atoms with Crippen molar-refractivity contribution in [2.24, 2.45) is 0 Å². The Bertz CT molecular complexity index is 912. The predicted octanol–water partition coefficient (Wildman–Crippen LogP) is 3.23. The number of benzene rings is 1. The number of nitrogens with two attached hydrogens (primary N) is 1. The lowest BCUT2D eigenvalue weighted by Gasteiger charge is -2.38. The zero-order valence-corrected chi connectivity index (χ0v) is 17.5. The summed E-state index contributed by atoms with van der Waals surface area (Å²) in [4.78, 5) is 26.5. The van der Waals surface area contributed by atoms with Crippen LogP contribution >= 0.6 is 11.3 Å². The third-order valence-electron chi connectivity index (χ3n) is 4.98. The number of methoxy groups -OCH3 is 1. The molecule has 0 saturated heterocycles. The van der Waals surface area contributed by atoms with Crippen LogP contribution in [0.2, 0.25) is 0 Å². The first-order chi connectivity index (χ1) is 12.6. The van der Waals surface area contributed by atoms with Gasteiger partial charge in [-0.25, -0.2) is 4.79 Å². The third-order valence-corrected chi connectivity index (χ3v) is 6.47. The van der Waals surface area contributed by atoms with Gasteiger partial charge in [-0.3, -0.25) is 4.79 Å². The second kappa shape index (κ2) is 6.77. The molecule has 6 heteroatoms. The molecule has 0 aliphatic carbocycles. The van der Waals surface area contributed by atoms with E-state index in [-0.39, 0.29) is 17.0 Å². The summed E-state index contributed by atoms with van der Waals surface area (Å²) < 4.78 is 5.05. The van der Waals surface area contributed by atoms with Crippen molar-refractivity contribution in [1.29, 1.82) is 0 Å². The number of ether oxygens (including phenoxy) is 1. The standard InChI is InChI=1S/C21H26N2O3S/c1-12-9-7-8-10-13(12)17(24)22-18-15(19(25)26-6)14-11-20(2,3)23-21(4,5)16(14)27-18/h7-10,23H,11H2,1-6H3,(H,22,24)/p+1. The van der Waals surface area contributed by atoms with Gasteiger partial charge in [-0.2, -0.15) is 0 Å². The molecule has 2 aromatic rings. The largest absolute Gasteiger partial charge is 0.465 e. The number of fused-ring (bicyclic) bond motifs is 1. The van der Waals surface area contributed by atoms with E-state index in [9.17, 15) is 9.59 Å². The Labute approximate surface area is 164 Å². The molecule has 144 valence electrons. The number of aryl methyl sites for hydroxylation is 1. The van der Waals surface area contributed by atoms with Crippen molar-refractivity contribution < 1.29 is 19.6 Å². The zero-order chi connectivity index (χ0) is 20.0. The summed E-state index contributed by atoms with van der Waals surface area (Å²) in [7, 11) is 1.38. The fourth-order valence-electron chi connectivity index (χ4n) is 4.11. The van der Waals surface area contributed by atoms with E-state index in [0.29, 0.717) is 16.1 Å². The first-order valence-electron chi connectivity index (χ1n) is 9.04. The minimum atomic E-state index is -0.402. The van der Waals surface area contributed by atoms with Gasteiger partial charge in [0.15, 0.2) is 0 Å². The smallest absolute Gasteiger partial charge is 0.341 e. The summed E-state index contributed by atoms with van der Waals surface area (Å²) in [5.41, 5.74) is 2.75. The monoisotopic (exact) mass is 387 g/mol. The van der Waals surface area contributed by atoms with Crippen LogP contribution in [-0.2, 0) is 16.7 Å². The lowest BCUT2D eigenvalue weighted by atomic mass is 9.81. The number of rotatable bonds is 3. The second-order valence-corrected chi connectivity index (χ2v) is 9.43. The van der Waals surface area contributed by atoms with Crippen LogP contribution in [0.4, 0.5) is 5.00 Å². The van der Waals surface area contributed by atoms with E-state index in [1.807, 2.05) is 25.1 Å². The van der Waals surface area contributed by atoms with E-state index in [1.165, 1.54) is 18.4 Å². The maximum Gasteiger partial charge on any atom is 0.341 e. The molecule has 1 aromatic heterocycles. The molecule has 3 N–H and O–H groups in total. The molecule has 1 aliphatic heterocycles. The summed E-state index contributed by atoms with van der Waals surface area (Å²) in [6.45, 7) is 10.5. The van der Waals surface area contributed by atoms with Gasteiger partial charge in [0.1, 0.15) is 10.5 Å². The van der Waals surface area contributed by atoms with E-state index < -0.39 is 5.97 Å². The number of quaternary nitrogens is 1. The molecule has 2 heterocycles. The molecule has 27 heavy (non-hydrogen) atoms. The van der Waals surface area contributed by atoms with Crippen LogP contribution in [0.5, 0.6) is 0 Å². The fraction of sp³-hybridized carbons (Fsp3) is 0.429. The van der Waals surface area contributed by atoms with Crippen LogP contribution in [0.25, 0.3) is 0 Å². The molecule has 0 unspecified atom stereocenters. The molecule has 1 aromatic carbocycles. The number of nitrogens with one attached hydrogen (secondary N) is 1.